The van der Waals surface area contributed by atoms with E-state index in [9.17, 15) is 9.90 Å². The number of piperidine rings is 1. The van der Waals surface area contributed by atoms with Gasteiger partial charge in [0.05, 0.1) is 24.4 Å². The molecule has 0 amide bonds. The highest BCUT2D eigenvalue weighted by atomic mass is 16.3. The Morgan fingerprint density at radius 3 is 2.66 bits per heavy atom. The molecule has 3 heterocycles. The van der Waals surface area contributed by atoms with Crippen molar-refractivity contribution in [2.24, 2.45) is 0 Å². The standard InChI is InChI=1S/C23H28N4O2/c1-23(2,3)17-8-6-16(7-9-17)20(29)13-18-14-22(26-12-4-5-19(28)15-26)27-21(25-18)10-11-24-27/h6-11,14,19,28H,4-5,12-13,15H2,1-3H3. The van der Waals surface area contributed by atoms with Crippen LogP contribution in [0.2, 0.25) is 0 Å². The minimum atomic E-state index is -0.339. The number of ketones is 1. The van der Waals surface area contributed by atoms with E-state index in [4.69, 9.17) is 0 Å². The molecule has 6 nitrogen and oxygen atoms in total. The zero-order valence-corrected chi connectivity index (χ0v) is 17.3. The summed E-state index contributed by atoms with van der Waals surface area (Å²) in [6, 6.07) is 11.6. The van der Waals surface area contributed by atoms with Gasteiger partial charge in [-0.3, -0.25) is 4.79 Å². The molecule has 3 aromatic rings. The summed E-state index contributed by atoms with van der Waals surface area (Å²) < 4.78 is 1.78. The van der Waals surface area contributed by atoms with E-state index in [1.165, 1.54) is 5.56 Å². The number of nitrogens with zero attached hydrogens (tertiary/aromatic N) is 4. The van der Waals surface area contributed by atoms with Crippen molar-refractivity contribution >= 4 is 17.2 Å². The summed E-state index contributed by atoms with van der Waals surface area (Å²) in [5.74, 6) is 0.927. The van der Waals surface area contributed by atoms with E-state index in [0.717, 1.165) is 30.9 Å². The average molecular weight is 393 g/mol. The van der Waals surface area contributed by atoms with Crippen molar-refractivity contribution in [1.82, 2.24) is 14.6 Å². The van der Waals surface area contributed by atoms with Gasteiger partial charge in [-0.2, -0.15) is 9.61 Å². The highest BCUT2D eigenvalue weighted by Gasteiger charge is 2.22. The third-order valence-electron chi connectivity index (χ3n) is 5.53. The van der Waals surface area contributed by atoms with Gasteiger partial charge in [-0.05, 0) is 23.8 Å². The molecule has 1 aliphatic rings. The summed E-state index contributed by atoms with van der Waals surface area (Å²) in [4.78, 5) is 19.6. The molecule has 2 aromatic heterocycles. The van der Waals surface area contributed by atoms with E-state index in [-0.39, 0.29) is 23.7 Å². The monoisotopic (exact) mass is 392 g/mol. The lowest BCUT2D eigenvalue weighted by atomic mass is 9.86. The Morgan fingerprint density at radius 2 is 1.97 bits per heavy atom. The summed E-state index contributed by atoms with van der Waals surface area (Å²) in [5.41, 5.74) is 3.40. The fourth-order valence-corrected chi connectivity index (χ4v) is 3.85. The van der Waals surface area contributed by atoms with Crippen molar-refractivity contribution in [1.29, 1.82) is 0 Å². The maximum Gasteiger partial charge on any atom is 0.168 e. The molecule has 1 saturated heterocycles. The fraction of sp³-hybridized carbons (Fsp3) is 0.435. The van der Waals surface area contributed by atoms with Crippen LogP contribution in [0.25, 0.3) is 5.65 Å². The number of Topliss-reactive ketones (excluding diaryl/α,β-unsaturated/α-hetero) is 1. The number of anilines is 1. The number of carbonyl (C=O) groups is 1. The van der Waals surface area contributed by atoms with Crippen molar-refractivity contribution in [2.75, 3.05) is 18.0 Å². The van der Waals surface area contributed by atoms with Crippen LogP contribution in [0.1, 0.15) is 55.2 Å². The lowest BCUT2D eigenvalue weighted by molar-refractivity contribution is 0.0992. The number of carbonyl (C=O) groups excluding carboxylic acids is 1. The molecule has 1 aliphatic heterocycles. The number of fused-ring (bicyclic) bond motifs is 1. The molecule has 0 spiro atoms. The lowest BCUT2D eigenvalue weighted by Gasteiger charge is -2.32. The summed E-state index contributed by atoms with van der Waals surface area (Å²) in [6.07, 6.45) is 3.36. The number of hydrogen-bond donors (Lipinski definition) is 1. The Hall–Kier alpha value is -2.73. The van der Waals surface area contributed by atoms with Crippen LogP contribution in [0.3, 0.4) is 0 Å². The van der Waals surface area contributed by atoms with Crippen LogP contribution in [0.5, 0.6) is 0 Å². The first kappa shape index (κ1) is 19.6. The normalized spacial score (nSPS) is 17.7. The van der Waals surface area contributed by atoms with Crippen molar-refractivity contribution in [2.45, 2.75) is 51.6 Å². The molecule has 1 fully saturated rings. The Bertz CT molecular complexity index is 1020. The second kappa shape index (κ2) is 7.59. The number of benzene rings is 1. The molecule has 6 heteroatoms. The smallest absolute Gasteiger partial charge is 0.168 e. The van der Waals surface area contributed by atoms with Gasteiger partial charge in [-0.15, -0.1) is 0 Å². The zero-order valence-electron chi connectivity index (χ0n) is 17.3. The van der Waals surface area contributed by atoms with E-state index < -0.39 is 0 Å². The van der Waals surface area contributed by atoms with Gasteiger partial charge in [0, 0.05) is 30.8 Å². The minimum absolute atomic E-state index is 0.0476. The zero-order chi connectivity index (χ0) is 20.6. The molecule has 1 unspecified atom stereocenters. The first-order valence-electron chi connectivity index (χ1n) is 10.2. The maximum atomic E-state index is 12.9. The molecular formula is C23H28N4O2. The van der Waals surface area contributed by atoms with E-state index in [0.29, 0.717) is 17.8 Å². The van der Waals surface area contributed by atoms with E-state index in [2.05, 4.69) is 35.8 Å². The summed E-state index contributed by atoms with van der Waals surface area (Å²) in [5, 5.41) is 14.4. The van der Waals surface area contributed by atoms with Crippen molar-refractivity contribution in [3.63, 3.8) is 0 Å². The van der Waals surface area contributed by atoms with Crippen LogP contribution in [0.4, 0.5) is 5.82 Å². The first-order valence-corrected chi connectivity index (χ1v) is 10.2. The molecule has 0 bridgehead atoms. The predicted molar refractivity (Wildman–Crippen MR) is 114 cm³/mol. The van der Waals surface area contributed by atoms with Gasteiger partial charge in [0.25, 0.3) is 0 Å². The van der Waals surface area contributed by atoms with Crippen LogP contribution in [-0.4, -0.2) is 44.7 Å². The quantitative estimate of drug-likeness (QED) is 0.689. The van der Waals surface area contributed by atoms with Crippen LogP contribution in [0, 0.1) is 0 Å². The van der Waals surface area contributed by atoms with Crippen LogP contribution >= 0.6 is 0 Å². The van der Waals surface area contributed by atoms with Crippen LogP contribution < -0.4 is 4.90 Å². The molecule has 0 aliphatic carbocycles. The number of aliphatic hydroxyl groups excluding tert-OH is 1. The van der Waals surface area contributed by atoms with E-state index in [1.807, 2.05) is 36.4 Å². The Balaban J connectivity index is 1.60. The van der Waals surface area contributed by atoms with Gasteiger partial charge in [-0.25, -0.2) is 4.98 Å². The van der Waals surface area contributed by atoms with Gasteiger partial charge < -0.3 is 10.0 Å². The number of β-amino-alcohol motifs (C(OH)–C–C–N with tert-alkyl or cyclic N) is 1. The lowest BCUT2D eigenvalue weighted by Crippen LogP contribution is -2.39. The van der Waals surface area contributed by atoms with Crippen LogP contribution in [0.15, 0.2) is 42.6 Å². The highest BCUT2D eigenvalue weighted by Crippen LogP contribution is 2.24. The number of aliphatic hydroxyl groups is 1. The van der Waals surface area contributed by atoms with E-state index >= 15 is 0 Å². The molecule has 1 N–H and O–H groups in total. The highest BCUT2D eigenvalue weighted by molar-refractivity contribution is 5.97. The second-order valence-electron chi connectivity index (χ2n) is 8.88. The molecule has 4 rings (SSSR count). The fourth-order valence-electron chi connectivity index (χ4n) is 3.85. The second-order valence-corrected chi connectivity index (χ2v) is 8.88. The van der Waals surface area contributed by atoms with Gasteiger partial charge >= 0.3 is 0 Å². The van der Waals surface area contributed by atoms with Crippen LogP contribution in [-0.2, 0) is 11.8 Å². The van der Waals surface area contributed by atoms with Gasteiger partial charge in [0.15, 0.2) is 11.4 Å². The maximum absolute atomic E-state index is 12.9. The SMILES string of the molecule is CC(C)(C)c1ccc(C(=O)Cc2cc(N3CCCC(O)C3)n3nccc3n2)cc1. The average Bonchev–Trinajstić information content (AvgIpc) is 3.15. The number of rotatable bonds is 4. The first-order chi connectivity index (χ1) is 13.8. The number of hydrogen-bond acceptors (Lipinski definition) is 5. The Kier molecular flexibility index (Phi) is 5.13. The molecule has 1 atom stereocenters. The summed E-state index contributed by atoms with van der Waals surface area (Å²) in [7, 11) is 0. The minimum Gasteiger partial charge on any atom is -0.391 e. The largest absolute Gasteiger partial charge is 0.391 e. The third-order valence-corrected chi connectivity index (χ3v) is 5.53. The Morgan fingerprint density at radius 1 is 1.21 bits per heavy atom. The van der Waals surface area contributed by atoms with Gasteiger partial charge in [-0.1, -0.05) is 45.0 Å². The van der Waals surface area contributed by atoms with Crippen molar-refractivity contribution in [3.8, 4) is 0 Å². The Labute approximate surface area is 171 Å². The molecule has 0 saturated carbocycles. The third kappa shape index (κ3) is 4.17. The topological polar surface area (TPSA) is 70.7 Å². The molecule has 152 valence electrons. The van der Waals surface area contributed by atoms with Crippen molar-refractivity contribution in [3.05, 3.63) is 59.4 Å². The number of aromatic nitrogens is 3. The van der Waals surface area contributed by atoms with E-state index in [1.54, 1.807) is 10.7 Å². The summed E-state index contributed by atoms with van der Waals surface area (Å²) >= 11 is 0. The molecule has 1 aromatic carbocycles. The predicted octanol–water partition coefficient (Wildman–Crippen LogP) is 3.41. The summed E-state index contributed by atoms with van der Waals surface area (Å²) in [6.45, 7) is 7.91. The molecular weight excluding hydrogens is 364 g/mol. The van der Waals surface area contributed by atoms with Crippen molar-refractivity contribution < 1.29 is 9.90 Å². The van der Waals surface area contributed by atoms with Gasteiger partial charge in [0.2, 0.25) is 0 Å². The molecule has 0 radical (unpaired) electrons. The van der Waals surface area contributed by atoms with Gasteiger partial charge in [0.1, 0.15) is 5.82 Å². The molecule has 29 heavy (non-hydrogen) atoms.